The predicted molar refractivity (Wildman–Crippen MR) is 43.0 cm³/mol. The van der Waals surface area contributed by atoms with E-state index in [9.17, 15) is 14.4 Å². The molecule has 10 nitrogen and oxygen atoms in total. The summed E-state index contributed by atoms with van der Waals surface area (Å²) in [6.07, 6.45) is -1.33. The molecule has 0 saturated carbocycles. The van der Waals surface area contributed by atoms with Gasteiger partial charge in [0.25, 0.3) is 0 Å². The zero-order chi connectivity index (χ0) is 11.7. The zero-order valence-electron chi connectivity index (χ0n) is 6.81. The van der Waals surface area contributed by atoms with E-state index in [1.54, 1.807) is 10.6 Å². The Labute approximate surface area is 77.4 Å². The number of imide groups is 2. The van der Waals surface area contributed by atoms with Crippen LogP contribution >= 0.6 is 0 Å². The Morgan fingerprint density at radius 2 is 1.07 bits per heavy atom. The lowest BCUT2D eigenvalue weighted by Crippen LogP contribution is -2.46. The number of hydrogen-bond donors (Lipinski definition) is 6. The second kappa shape index (κ2) is 7.15. The Morgan fingerprint density at radius 3 is 1.21 bits per heavy atom. The molecule has 80 valence electrons. The second-order valence-corrected chi connectivity index (χ2v) is 1.65. The maximum atomic E-state index is 10.2. The molecule has 0 aliphatic rings. The molecule has 0 heterocycles. The van der Waals surface area contributed by atoms with Crippen molar-refractivity contribution in [3.63, 3.8) is 0 Å². The summed E-state index contributed by atoms with van der Waals surface area (Å²) in [5.74, 6) is 0. The molecule has 14 heavy (non-hydrogen) atoms. The van der Waals surface area contributed by atoms with Crippen molar-refractivity contribution >= 4 is 24.2 Å². The molecule has 0 atom stereocenters. The van der Waals surface area contributed by atoms with Gasteiger partial charge in [-0.15, -0.1) is 0 Å². The first-order valence-corrected chi connectivity index (χ1v) is 2.91. The number of urea groups is 3. The normalized spacial score (nSPS) is 7.43. The molecular weight excluding hydrogens is 198 g/mol. The molecule has 0 spiro atoms. The van der Waals surface area contributed by atoms with Crippen LogP contribution in [0.5, 0.6) is 0 Å². The number of primary amides is 3. The molecule has 0 aliphatic heterocycles. The van der Waals surface area contributed by atoms with E-state index in [2.05, 4.69) is 17.2 Å². The van der Waals surface area contributed by atoms with Crippen LogP contribution in [0.15, 0.2) is 0 Å². The van der Waals surface area contributed by atoms with E-state index < -0.39 is 24.2 Å². The maximum Gasteiger partial charge on any atom is 0.402 e. The van der Waals surface area contributed by atoms with Crippen molar-refractivity contribution in [1.82, 2.24) is 10.6 Å². The van der Waals surface area contributed by atoms with E-state index in [1.807, 2.05) is 0 Å². The van der Waals surface area contributed by atoms with Gasteiger partial charge >= 0.3 is 24.2 Å². The van der Waals surface area contributed by atoms with Gasteiger partial charge in [0.2, 0.25) is 0 Å². The van der Waals surface area contributed by atoms with Gasteiger partial charge in [0, 0.05) is 0 Å². The van der Waals surface area contributed by atoms with Gasteiger partial charge in [-0.2, -0.15) is 0 Å². The predicted octanol–water partition coefficient (Wildman–Crippen LogP) is -1.93. The van der Waals surface area contributed by atoms with Crippen LogP contribution in [0.1, 0.15) is 0 Å². The van der Waals surface area contributed by atoms with Gasteiger partial charge in [0.15, 0.2) is 0 Å². The van der Waals surface area contributed by atoms with E-state index >= 15 is 0 Å². The van der Waals surface area contributed by atoms with Crippen LogP contribution in [0.2, 0.25) is 0 Å². The fourth-order valence-corrected chi connectivity index (χ4v) is 0.255. The molecule has 0 aromatic carbocycles. The lowest BCUT2D eigenvalue weighted by Gasteiger charge is -1.97. The number of nitrogens with two attached hydrogens (primary N) is 3. The first-order chi connectivity index (χ1) is 6.25. The second-order valence-electron chi connectivity index (χ2n) is 1.65. The summed E-state index contributed by atoms with van der Waals surface area (Å²) < 4.78 is 0. The van der Waals surface area contributed by atoms with Gasteiger partial charge in [-0.05, 0) is 0 Å². The number of rotatable bonds is 0. The molecule has 0 unspecified atom stereocenters. The molecule has 0 saturated heterocycles. The van der Waals surface area contributed by atoms with Crippen molar-refractivity contribution < 1.29 is 24.3 Å². The van der Waals surface area contributed by atoms with Gasteiger partial charge in [0.1, 0.15) is 0 Å². The van der Waals surface area contributed by atoms with Crippen molar-refractivity contribution in [2.24, 2.45) is 17.2 Å². The third kappa shape index (κ3) is 22.7. The maximum absolute atomic E-state index is 10.2. The highest BCUT2D eigenvalue weighted by atomic mass is 16.4. The van der Waals surface area contributed by atoms with Crippen LogP contribution in [0, 0.1) is 0 Å². The van der Waals surface area contributed by atoms with E-state index in [-0.39, 0.29) is 0 Å². The monoisotopic (exact) mass is 207 g/mol. The lowest BCUT2D eigenvalue weighted by molar-refractivity contribution is 0.205. The Balaban J connectivity index is 0. The Hall–Kier alpha value is -2.52. The molecule has 9 N–H and O–H groups in total. The van der Waals surface area contributed by atoms with E-state index in [0.29, 0.717) is 0 Å². The fraction of sp³-hybridized carbons (Fsp3) is 0. The summed E-state index contributed by atoms with van der Waals surface area (Å²) in [6, 6.07) is -3.16. The highest BCUT2D eigenvalue weighted by Gasteiger charge is 2.03. The summed E-state index contributed by atoms with van der Waals surface area (Å²) in [5.41, 5.74) is 13.0. The van der Waals surface area contributed by atoms with Crippen molar-refractivity contribution in [1.29, 1.82) is 0 Å². The van der Waals surface area contributed by atoms with E-state index in [0.717, 1.165) is 0 Å². The third-order valence-electron chi connectivity index (χ3n) is 0.473. The van der Waals surface area contributed by atoms with Crippen molar-refractivity contribution in [3.05, 3.63) is 0 Å². The topological polar surface area (TPSA) is 191 Å². The SMILES string of the molecule is NC(=O)NC(=O)NC(N)=O.NC(=O)O. The zero-order valence-corrected chi connectivity index (χ0v) is 6.81. The van der Waals surface area contributed by atoms with Gasteiger partial charge in [-0.25, -0.2) is 19.2 Å². The third-order valence-corrected chi connectivity index (χ3v) is 0.473. The molecule has 0 bridgehead atoms. The van der Waals surface area contributed by atoms with Crippen LogP contribution in [0.4, 0.5) is 19.2 Å². The average molecular weight is 207 g/mol. The quantitative estimate of drug-likeness (QED) is 0.269. The van der Waals surface area contributed by atoms with Gasteiger partial charge in [-0.3, -0.25) is 10.6 Å². The Kier molecular flexibility index (Phi) is 7.16. The summed E-state index contributed by atoms with van der Waals surface area (Å²) in [5, 5.41) is 10.3. The molecule has 0 aromatic rings. The first kappa shape index (κ1) is 14.0. The number of carboxylic acid groups (broad SMARTS) is 1. The van der Waals surface area contributed by atoms with Crippen LogP contribution < -0.4 is 27.8 Å². The minimum atomic E-state index is -1.33. The fourth-order valence-electron chi connectivity index (χ4n) is 0.255. The van der Waals surface area contributed by atoms with Gasteiger partial charge in [-0.1, -0.05) is 0 Å². The summed E-state index contributed by atoms with van der Waals surface area (Å²) >= 11 is 0. The molecular formula is C4H9N5O5. The standard InChI is InChI=1S/C3H6N4O3.CH3NO2/c4-1(8)6-3(10)7-2(5)9;2-1(3)4/h(H6,4,5,6,7,8,9,10);2H2,(H,3,4). The largest absolute Gasteiger partial charge is 0.465 e. The minimum Gasteiger partial charge on any atom is -0.465 e. The number of hydrogen-bond acceptors (Lipinski definition) is 4. The highest BCUT2D eigenvalue weighted by Crippen LogP contribution is 1.62. The molecule has 10 heteroatoms. The molecule has 0 aromatic heterocycles. The Bertz CT molecular complexity index is 229. The van der Waals surface area contributed by atoms with Gasteiger partial charge < -0.3 is 22.3 Å². The van der Waals surface area contributed by atoms with Crippen molar-refractivity contribution in [3.8, 4) is 0 Å². The summed E-state index contributed by atoms with van der Waals surface area (Å²) in [6.45, 7) is 0. The molecule has 7 amide bonds. The Morgan fingerprint density at radius 1 is 0.857 bits per heavy atom. The first-order valence-electron chi connectivity index (χ1n) is 2.91. The van der Waals surface area contributed by atoms with E-state index in [4.69, 9.17) is 9.90 Å². The molecule has 0 fully saturated rings. The number of amides is 7. The summed E-state index contributed by atoms with van der Waals surface area (Å²) in [7, 11) is 0. The van der Waals surface area contributed by atoms with Crippen LogP contribution in [-0.2, 0) is 0 Å². The molecule has 0 radical (unpaired) electrons. The van der Waals surface area contributed by atoms with Crippen molar-refractivity contribution in [2.75, 3.05) is 0 Å². The average Bonchev–Trinajstić information content (AvgIpc) is 1.79. The highest BCUT2D eigenvalue weighted by molar-refractivity contribution is 6.00. The summed E-state index contributed by atoms with van der Waals surface area (Å²) in [4.78, 5) is 38.8. The van der Waals surface area contributed by atoms with Crippen LogP contribution in [0.3, 0.4) is 0 Å². The van der Waals surface area contributed by atoms with Crippen molar-refractivity contribution in [2.45, 2.75) is 0 Å². The smallest absolute Gasteiger partial charge is 0.402 e. The minimum absolute atomic E-state index is 1.04. The molecule has 0 rings (SSSR count). The van der Waals surface area contributed by atoms with Gasteiger partial charge in [0.05, 0.1) is 0 Å². The molecule has 0 aliphatic carbocycles. The van der Waals surface area contributed by atoms with E-state index in [1.165, 1.54) is 0 Å². The lowest BCUT2D eigenvalue weighted by atomic mass is 10.8. The number of nitrogens with one attached hydrogen (secondary N) is 2. The van der Waals surface area contributed by atoms with Crippen LogP contribution in [-0.4, -0.2) is 29.3 Å². The number of carbonyl (C=O) groups is 4. The van der Waals surface area contributed by atoms with Crippen LogP contribution in [0.25, 0.3) is 0 Å². The number of carbonyl (C=O) groups excluding carboxylic acids is 3.